The maximum absolute atomic E-state index is 13.5. The number of carbonyl (C=O) groups is 1. The van der Waals surface area contributed by atoms with Gasteiger partial charge in [0.15, 0.2) is 11.6 Å². The number of methoxy groups -OCH3 is 1. The summed E-state index contributed by atoms with van der Waals surface area (Å²) in [5.41, 5.74) is 0.0327. The first-order chi connectivity index (χ1) is 10.1. The average Bonchev–Trinajstić information content (AvgIpc) is 2.46. The van der Waals surface area contributed by atoms with E-state index in [1.54, 1.807) is 0 Å². The summed E-state index contributed by atoms with van der Waals surface area (Å²) in [6.07, 6.45) is 3.25. The van der Waals surface area contributed by atoms with E-state index in [9.17, 15) is 13.6 Å². The van der Waals surface area contributed by atoms with Crippen LogP contribution in [-0.4, -0.2) is 26.1 Å². The van der Waals surface area contributed by atoms with Gasteiger partial charge in [-0.3, -0.25) is 4.79 Å². The molecule has 1 amide bonds. The lowest BCUT2D eigenvalue weighted by Crippen LogP contribution is -2.28. The fourth-order valence-corrected chi connectivity index (χ4v) is 2.58. The number of carbonyl (C=O) groups excluding carboxylic acids is 1. The molecule has 21 heavy (non-hydrogen) atoms. The summed E-state index contributed by atoms with van der Waals surface area (Å²) in [7, 11) is 1.28. The molecule has 0 aliphatic carbocycles. The van der Waals surface area contributed by atoms with Crippen molar-refractivity contribution in [1.29, 1.82) is 0 Å². The van der Waals surface area contributed by atoms with E-state index in [1.165, 1.54) is 7.11 Å². The first-order valence-corrected chi connectivity index (χ1v) is 7.13. The van der Waals surface area contributed by atoms with E-state index in [2.05, 4.69) is 10.6 Å². The van der Waals surface area contributed by atoms with Gasteiger partial charge in [0.25, 0.3) is 0 Å². The number of hydrogen-bond acceptors (Lipinski definition) is 3. The molecule has 0 bridgehead atoms. The number of hydrogen-bond donors (Lipinski definition) is 2. The second-order valence-corrected chi connectivity index (χ2v) is 5.25. The Labute approximate surface area is 122 Å². The minimum absolute atomic E-state index is 0.0327. The third-order valence-corrected chi connectivity index (χ3v) is 3.72. The molecule has 0 aromatic heterocycles. The number of halogens is 2. The molecular formula is C15H20F2N2O2. The molecule has 2 N–H and O–H groups in total. The highest BCUT2D eigenvalue weighted by atomic mass is 19.1. The third kappa shape index (κ3) is 4.39. The Morgan fingerprint density at radius 1 is 1.38 bits per heavy atom. The summed E-state index contributed by atoms with van der Waals surface area (Å²) < 4.78 is 31.6. The first-order valence-electron chi connectivity index (χ1n) is 7.13. The number of amides is 1. The number of piperidine rings is 1. The van der Waals surface area contributed by atoms with Crippen LogP contribution in [0.2, 0.25) is 0 Å². The molecule has 1 aliphatic heterocycles. The van der Waals surface area contributed by atoms with Gasteiger partial charge in [-0.15, -0.1) is 0 Å². The van der Waals surface area contributed by atoms with Crippen LogP contribution >= 0.6 is 0 Å². The van der Waals surface area contributed by atoms with Gasteiger partial charge in [0.05, 0.1) is 12.8 Å². The summed E-state index contributed by atoms with van der Waals surface area (Å²) in [6, 6.07) is 1.79. The van der Waals surface area contributed by atoms with Crippen molar-refractivity contribution in [1.82, 2.24) is 5.32 Å². The molecular weight excluding hydrogens is 278 g/mol. The molecule has 0 radical (unpaired) electrons. The Kier molecular flexibility index (Phi) is 5.50. The van der Waals surface area contributed by atoms with Gasteiger partial charge in [-0.2, -0.15) is 0 Å². The maximum Gasteiger partial charge on any atom is 0.224 e. The van der Waals surface area contributed by atoms with Crippen LogP contribution < -0.4 is 15.4 Å². The van der Waals surface area contributed by atoms with Crippen LogP contribution in [0.4, 0.5) is 14.5 Å². The van der Waals surface area contributed by atoms with Crippen LogP contribution in [-0.2, 0) is 4.79 Å². The van der Waals surface area contributed by atoms with Crippen LogP contribution in [0.15, 0.2) is 12.1 Å². The standard InChI is InChI=1S/C15H20F2N2O2/c1-21-15-12(17)8-11(16)9-13(15)19-14(20)3-2-10-4-6-18-7-5-10/h8-10,18H,2-7H2,1H3,(H,19,20). The zero-order valence-corrected chi connectivity index (χ0v) is 12.0. The monoisotopic (exact) mass is 298 g/mol. The summed E-state index contributed by atoms with van der Waals surface area (Å²) in [6.45, 7) is 1.96. The van der Waals surface area contributed by atoms with Gasteiger partial charge >= 0.3 is 0 Å². The minimum Gasteiger partial charge on any atom is -0.492 e. The van der Waals surface area contributed by atoms with Gasteiger partial charge in [-0.05, 0) is 38.3 Å². The molecule has 0 atom stereocenters. The van der Waals surface area contributed by atoms with Crippen molar-refractivity contribution in [2.75, 3.05) is 25.5 Å². The summed E-state index contributed by atoms with van der Waals surface area (Å²) in [5.74, 6) is -1.44. The predicted octanol–water partition coefficient (Wildman–Crippen LogP) is 2.69. The Balaban J connectivity index is 1.92. The van der Waals surface area contributed by atoms with E-state index >= 15 is 0 Å². The second kappa shape index (κ2) is 7.36. The number of anilines is 1. The molecule has 116 valence electrons. The molecule has 2 rings (SSSR count). The highest BCUT2D eigenvalue weighted by Gasteiger charge is 2.17. The smallest absolute Gasteiger partial charge is 0.224 e. The summed E-state index contributed by atoms with van der Waals surface area (Å²) in [5, 5.41) is 5.79. The Bertz CT molecular complexity index is 503. The molecule has 1 aromatic carbocycles. The molecule has 6 heteroatoms. The Morgan fingerprint density at radius 2 is 2.10 bits per heavy atom. The normalized spacial score (nSPS) is 15.8. The van der Waals surface area contributed by atoms with E-state index in [1.807, 2.05) is 0 Å². The van der Waals surface area contributed by atoms with Crippen molar-refractivity contribution >= 4 is 11.6 Å². The molecule has 4 nitrogen and oxygen atoms in total. The molecule has 0 saturated carbocycles. The van der Waals surface area contributed by atoms with Gasteiger partial charge in [-0.25, -0.2) is 8.78 Å². The van der Waals surface area contributed by atoms with Crippen LogP contribution in [0.1, 0.15) is 25.7 Å². The number of ether oxygens (including phenoxy) is 1. The van der Waals surface area contributed by atoms with Crippen LogP contribution in [0.3, 0.4) is 0 Å². The van der Waals surface area contributed by atoms with Gasteiger partial charge in [0, 0.05) is 18.6 Å². The highest BCUT2D eigenvalue weighted by Crippen LogP contribution is 2.29. The largest absolute Gasteiger partial charge is 0.492 e. The third-order valence-electron chi connectivity index (χ3n) is 3.72. The van der Waals surface area contributed by atoms with Crippen LogP contribution in [0.5, 0.6) is 5.75 Å². The SMILES string of the molecule is COc1c(F)cc(F)cc1NC(=O)CCC1CCNCC1. The van der Waals surface area contributed by atoms with Crippen LogP contribution in [0.25, 0.3) is 0 Å². The lowest BCUT2D eigenvalue weighted by molar-refractivity contribution is -0.116. The maximum atomic E-state index is 13.5. The molecule has 1 aliphatic rings. The quantitative estimate of drug-likeness (QED) is 0.878. The van der Waals surface area contributed by atoms with E-state index < -0.39 is 11.6 Å². The van der Waals surface area contributed by atoms with Gasteiger partial charge in [0.1, 0.15) is 5.82 Å². The van der Waals surface area contributed by atoms with Crippen molar-refractivity contribution in [3.05, 3.63) is 23.8 Å². The van der Waals surface area contributed by atoms with E-state index in [4.69, 9.17) is 4.74 Å². The lowest BCUT2D eigenvalue weighted by Gasteiger charge is -2.22. The molecule has 0 unspecified atom stereocenters. The highest BCUT2D eigenvalue weighted by molar-refractivity contribution is 5.92. The number of nitrogens with one attached hydrogen (secondary N) is 2. The number of benzene rings is 1. The lowest BCUT2D eigenvalue weighted by atomic mass is 9.93. The predicted molar refractivity (Wildman–Crippen MR) is 76.4 cm³/mol. The van der Waals surface area contributed by atoms with Crippen molar-refractivity contribution in [2.24, 2.45) is 5.92 Å². The zero-order valence-electron chi connectivity index (χ0n) is 12.0. The van der Waals surface area contributed by atoms with E-state index in [0.29, 0.717) is 12.3 Å². The number of rotatable bonds is 5. The summed E-state index contributed by atoms with van der Waals surface area (Å²) >= 11 is 0. The Hall–Kier alpha value is -1.69. The van der Waals surface area contributed by atoms with Gasteiger partial charge in [0.2, 0.25) is 5.91 Å². The minimum atomic E-state index is -0.828. The summed E-state index contributed by atoms with van der Waals surface area (Å²) in [4.78, 5) is 11.9. The topological polar surface area (TPSA) is 50.4 Å². The van der Waals surface area contributed by atoms with Gasteiger partial charge < -0.3 is 15.4 Å². The average molecular weight is 298 g/mol. The van der Waals surface area contributed by atoms with Gasteiger partial charge in [-0.1, -0.05) is 0 Å². The van der Waals surface area contributed by atoms with Crippen molar-refractivity contribution in [2.45, 2.75) is 25.7 Å². The molecule has 1 fully saturated rings. The van der Waals surface area contributed by atoms with Crippen molar-refractivity contribution in [3.8, 4) is 5.75 Å². The molecule has 1 aromatic rings. The molecule has 0 spiro atoms. The first kappa shape index (κ1) is 15.7. The zero-order chi connectivity index (χ0) is 15.2. The van der Waals surface area contributed by atoms with Crippen molar-refractivity contribution < 1.29 is 18.3 Å². The molecule has 1 heterocycles. The van der Waals surface area contributed by atoms with E-state index in [-0.39, 0.29) is 17.3 Å². The fourth-order valence-electron chi connectivity index (χ4n) is 2.58. The van der Waals surface area contributed by atoms with Crippen molar-refractivity contribution in [3.63, 3.8) is 0 Å². The fraction of sp³-hybridized carbons (Fsp3) is 0.533. The Morgan fingerprint density at radius 3 is 2.76 bits per heavy atom. The van der Waals surface area contributed by atoms with E-state index in [0.717, 1.165) is 44.5 Å². The van der Waals surface area contributed by atoms with Crippen LogP contribution in [0, 0.1) is 17.6 Å². The molecule has 1 saturated heterocycles. The second-order valence-electron chi connectivity index (χ2n) is 5.25.